The predicted octanol–water partition coefficient (Wildman–Crippen LogP) is 3.18. The van der Waals surface area contributed by atoms with E-state index in [1.807, 2.05) is 12.1 Å². The van der Waals surface area contributed by atoms with Gasteiger partial charge in [0.1, 0.15) is 5.75 Å². The van der Waals surface area contributed by atoms with Crippen molar-refractivity contribution in [2.24, 2.45) is 0 Å². The third-order valence-electron chi connectivity index (χ3n) is 4.32. The van der Waals surface area contributed by atoms with Gasteiger partial charge in [-0.25, -0.2) is 0 Å². The molecule has 0 saturated heterocycles. The Balaban J connectivity index is 1.69. The van der Waals surface area contributed by atoms with E-state index in [2.05, 4.69) is 11.4 Å². The number of amides is 1. The summed E-state index contributed by atoms with van der Waals surface area (Å²) in [5, 5.41) is 2.84. The van der Waals surface area contributed by atoms with Gasteiger partial charge in [0.05, 0.1) is 13.5 Å². The average molecular weight is 345 g/mol. The highest BCUT2D eigenvalue weighted by Crippen LogP contribution is 2.19. The van der Waals surface area contributed by atoms with Crippen molar-refractivity contribution in [3.63, 3.8) is 0 Å². The molecular formula is C20H27NO4. The monoisotopic (exact) mass is 345 g/mol. The molecule has 1 aromatic carbocycles. The largest absolute Gasteiger partial charge is 0.497 e. The summed E-state index contributed by atoms with van der Waals surface area (Å²) < 4.78 is 10.3. The lowest BCUT2D eigenvalue weighted by atomic mass is 9.97. The van der Waals surface area contributed by atoms with Gasteiger partial charge in [-0.3, -0.25) is 9.59 Å². The fourth-order valence-corrected chi connectivity index (χ4v) is 2.82. The topological polar surface area (TPSA) is 64.6 Å². The lowest BCUT2D eigenvalue weighted by Gasteiger charge is -2.15. The Morgan fingerprint density at radius 1 is 1.20 bits per heavy atom. The summed E-state index contributed by atoms with van der Waals surface area (Å²) >= 11 is 0. The molecular weight excluding hydrogens is 318 g/mol. The Hall–Kier alpha value is -2.30. The number of rotatable bonds is 8. The van der Waals surface area contributed by atoms with Crippen LogP contribution in [-0.4, -0.2) is 31.6 Å². The van der Waals surface area contributed by atoms with Crippen molar-refractivity contribution in [2.45, 2.75) is 51.6 Å². The van der Waals surface area contributed by atoms with E-state index in [9.17, 15) is 9.59 Å². The molecule has 0 aromatic heterocycles. The minimum Gasteiger partial charge on any atom is -0.497 e. The normalized spacial score (nSPS) is 15.0. The van der Waals surface area contributed by atoms with Crippen LogP contribution < -0.4 is 10.1 Å². The first-order valence-electron chi connectivity index (χ1n) is 8.86. The summed E-state index contributed by atoms with van der Waals surface area (Å²) in [6.45, 7) is 2.19. The van der Waals surface area contributed by atoms with Crippen LogP contribution in [0.4, 0.5) is 0 Å². The molecule has 2 rings (SSSR count). The number of hydrogen-bond donors (Lipinski definition) is 1. The molecule has 25 heavy (non-hydrogen) atoms. The molecule has 136 valence electrons. The van der Waals surface area contributed by atoms with Crippen LogP contribution in [0.2, 0.25) is 0 Å². The van der Waals surface area contributed by atoms with E-state index >= 15 is 0 Å². The van der Waals surface area contributed by atoms with E-state index in [1.54, 1.807) is 26.2 Å². The molecule has 5 nitrogen and oxygen atoms in total. The summed E-state index contributed by atoms with van der Waals surface area (Å²) in [7, 11) is 1.59. The van der Waals surface area contributed by atoms with Gasteiger partial charge >= 0.3 is 5.97 Å². The van der Waals surface area contributed by atoms with Gasteiger partial charge in [0.15, 0.2) is 6.10 Å². The van der Waals surface area contributed by atoms with Crippen LogP contribution in [0, 0.1) is 0 Å². The zero-order valence-corrected chi connectivity index (χ0v) is 15.0. The second-order valence-corrected chi connectivity index (χ2v) is 6.31. The maximum absolute atomic E-state index is 12.0. The van der Waals surface area contributed by atoms with E-state index < -0.39 is 12.1 Å². The lowest BCUT2D eigenvalue weighted by Crippen LogP contribution is -2.36. The minimum absolute atomic E-state index is 0.133. The first-order chi connectivity index (χ1) is 12.1. The molecule has 1 N–H and O–H groups in total. The van der Waals surface area contributed by atoms with Crippen molar-refractivity contribution in [2.75, 3.05) is 13.7 Å². The van der Waals surface area contributed by atoms with Gasteiger partial charge in [-0.1, -0.05) is 23.8 Å². The maximum atomic E-state index is 12.0. The summed E-state index contributed by atoms with van der Waals surface area (Å²) in [6.07, 6.45) is 7.26. The number of hydrogen-bond acceptors (Lipinski definition) is 4. The van der Waals surface area contributed by atoms with Gasteiger partial charge < -0.3 is 14.8 Å². The second-order valence-electron chi connectivity index (χ2n) is 6.31. The first kappa shape index (κ1) is 19.0. The number of allylic oxidation sites excluding steroid dienone is 1. The van der Waals surface area contributed by atoms with Gasteiger partial charge in [0, 0.05) is 6.54 Å². The number of benzene rings is 1. The molecule has 0 aliphatic heterocycles. The molecule has 0 saturated carbocycles. The van der Waals surface area contributed by atoms with E-state index in [1.165, 1.54) is 18.4 Å². The van der Waals surface area contributed by atoms with Gasteiger partial charge in [-0.2, -0.15) is 0 Å². The number of methoxy groups -OCH3 is 1. The van der Waals surface area contributed by atoms with Crippen LogP contribution in [0.3, 0.4) is 0 Å². The van der Waals surface area contributed by atoms with Crippen molar-refractivity contribution in [1.29, 1.82) is 0 Å². The summed E-state index contributed by atoms with van der Waals surface area (Å²) in [5.41, 5.74) is 2.23. The van der Waals surface area contributed by atoms with Crippen molar-refractivity contribution in [3.05, 3.63) is 41.5 Å². The van der Waals surface area contributed by atoms with Gasteiger partial charge in [-0.15, -0.1) is 0 Å². The standard InChI is InChI=1S/C20H27NO4/c1-15(20(23)21-13-12-16-6-4-3-5-7-16)25-19(22)14-17-8-10-18(24-2)11-9-17/h6,8-11,15H,3-5,7,12-14H2,1-2H3,(H,21,23). The SMILES string of the molecule is COc1ccc(CC(=O)OC(C)C(=O)NCCC2=CCCCC2)cc1. The van der Waals surface area contributed by atoms with Crippen molar-refractivity contribution < 1.29 is 19.1 Å². The van der Waals surface area contributed by atoms with Crippen LogP contribution in [0.5, 0.6) is 5.75 Å². The highest BCUT2D eigenvalue weighted by Gasteiger charge is 2.17. The van der Waals surface area contributed by atoms with Crippen molar-refractivity contribution in [1.82, 2.24) is 5.32 Å². The van der Waals surface area contributed by atoms with Crippen LogP contribution in [0.1, 0.15) is 44.6 Å². The summed E-state index contributed by atoms with van der Waals surface area (Å²) in [5.74, 6) is 0.0697. The van der Waals surface area contributed by atoms with Crippen LogP contribution in [0.25, 0.3) is 0 Å². The van der Waals surface area contributed by atoms with Gasteiger partial charge in [0.25, 0.3) is 5.91 Å². The number of carbonyl (C=O) groups is 2. The van der Waals surface area contributed by atoms with Crippen LogP contribution >= 0.6 is 0 Å². The predicted molar refractivity (Wildman–Crippen MR) is 96.4 cm³/mol. The highest BCUT2D eigenvalue weighted by atomic mass is 16.5. The average Bonchev–Trinajstić information content (AvgIpc) is 2.63. The number of nitrogens with one attached hydrogen (secondary N) is 1. The third-order valence-corrected chi connectivity index (χ3v) is 4.32. The number of carbonyl (C=O) groups excluding carboxylic acids is 2. The van der Waals surface area contributed by atoms with E-state index in [-0.39, 0.29) is 12.3 Å². The van der Waals surface area contributed by atoms with Crippen LogP contribution in [0.15, 0.2) is 35.9 Å². The molecule has 0 heterocycles. The van der Waals surface area contributed by atoms with E-state index in [4.69, 9.17) is 9.47 Å². The first-order valence-corrected chi connectivity index (χ1v) is 8.86. The minimum atomic E-state index is -0.786. The fourth-order valence-electron chi connectivity index (χ4n) is 2.82. The molecule has 1 amide bonds. The van der Waals surface area contributed by atoms with Crippen LogP contribution in [-0.2, 0) is 20.7 Å². The molecule has 5 heteroatoms. The Bertz CT molecular complexity index is 607. The lowest BCUT2D eigenvalue weighted by molar-refractivity contribution is -0.154. The van der Waals surface area contributed by atoms with Gasteiger partial charge in [-0.05, 0) is 56.7 Å². The molecule has 0 radical (unpaired) electrons. The van der Waals surface area contributed by atoms with E-state index in [0.29, 0.717) is 6.54 Å². The van der Waals surface area contributed by atoms with Crippen molar-refractivity contribution >= 4 is 11.9 Å². The van der Waals surface area contributed by atoms with E-state index in [0.717, 1.165) is 30.6 Å². The Morgan fingerprint density at radius 2 is 1.96 bits per heavy atom. The maximum Gasteiger partial charge on any atom is 0.311 e. The second kappa shape index (κ2) is 9.87. The summed E-state index contributed by atoms with van der Waals surface area (Å²) in [6, 6.07) is 7.20. The smallest absolute Gasteiger partial charge is 0.311 e. The van der Waals surface area contributed by atoms with Crippen molar-refractivity contribution in [3.8, 4) is 5.75 Å². The Morgan fingerprint density at radius 3 is 2.60 bits per heavy atom. The molecule has 0 fully saturated rings. The zero-order chi connectivity index (χ0) is 18.1. The zero-order valence-electron chi connectivity index (χ0n) is 15.0. The fraction of sp³-hybridized carbons (Fsp3) is 0.500. The quantitative estimate of drug-likeness (QED) is 0.580. The molecule has 0 spiro atoms. The molecule has 1 aromatic rings. The number of esters is 1. The third kappa shape index (κ3) is 6.61. The molecule has 1 unspecified atom stereocenters. The molecule has 1 atom stereocenters. The molecule has 1 aliphatic rings. The molecule has 0 bridgehead atoms. The summed E-state index contributed by atoms with van der Waals surface area (Å²) in [4.78, 5) is 24.0. The highest BCUT2D eigenvalue weighted by molar-refractivity contribution is 5.83. The Labute approximate surface area is 149 Å². The Kier molecular flexibility index (Phi) is 7.51. The van der Waals surface area contributed by atoms with Gasteiger partial charge in [0.2, 0.25) is 0 Å². The molecule has 1 aliphatic carbocycles. The number of ether oxygens (including phenoxy) is 2.